The molecule has 0 saturated heterocycles. The Kier molecular flexibility index (Phi) is 4.82. The molecule has 21 heavy (non-hydrogen) atoms. The van der Waals surface area contributed by atoms with Crippen LogP contribution in [0.3, 0.4) is 0 Å². The van der Waals surface area contributed by atoms with Crippen molar-refractivity contribution in [1.82, 2.24) is 4.90 Å². The summed E-state index contributed by atoms with van der Waals surface area (Å²) in [5.74, 6) is 0.779. The molecule has 2 aromatic rings. The Morgan fingerprint density at radius 2 is 1.81 bits per heavy atom. The molecule has 0 radical (unpaired) electrons. The highest BCUT2D eigenvalue weighted by atomic mass is 16.5. The van der Waals surface area contributed by atoms with Gasteiger partial charge in [0.1, 0.15) is 5.75 Å². The van der Waals surface area contributed by atoms with E-state index in [1.165, 1.54) is 0 Å². The molecule has 0 unspecified atom stereocenters. The van der Waals surface area contributed by atoms with Gasteiger partial charge in [0.25, 0.3) is 5.91 Å². The van der Waals surface area contributed by atoms with Gasteiger partial charge in [-0.15, -0.1) is 0 Å². The molecule has 0 aliphatic carbocycles. The molecule has 0 aliphatic heterocycles. The molecular formula is C17H20N2O2. The van der Waals surface area contributed by atoms with Crippen molar-refractivity contribution < 1.29 is 9.53 Å². The van der Waals surface area contributed by atoms with Crippen LogP contribution in [0.1, 0.15) is 15.9 Å². The topological polar surface area (TPSA) is 55.6 Å². The average molecular weight is 284 g/mol. The number of nitrogens with zero attached hydrogens (tertiary/aromatic N) is 1. The molecule has 2 aromatic carbocycles. The molecule has 4 nitrogen and oxygen atoms in total. The number of hydrogen-bond acceptors (Lipinski definition) is 3. The Hall–Kier alpha value is -2.49. The molecule has 2 N–H and O–H groups in total. The van der Waals surface area contributed by atoms with E-state index < -0.39 is 0 Å². The number of hydrogen-bond donors (Lipinski definition) is 1. The third-order valence-corrected chi connectivity index (χ3v) is 3.43. The average Bonchev–Trinajstić information content (AvgIpc) is 2.53. The van der Waals surface area contributed by atoms with Gasteiger partial charge in [0.2, 0.25) is 0 Å². The van der Waals surface area contributed by atoms with Crippen molar-refractivity contribution in [1.29, 1.82) is 0 Å². The van der Waals surface area contributed by atoms with Gasteiger partial charge < -0.3 is 15.4 Å². The van der Waals surface area contributed by atoms with Gasteiger partial charge in [-0.2, -0.15) is 0 Å². The van der Waals surface area contributed by atoms with E-state index in [0.717, 1.165) is 17.7 Å². The molecule has 4 heteroatoms. The van der Waals surface area contributed by atoms with Crippen molar-refractivity contribution in [2.75, 3.05) is 26.4 Å². The molecule has 110 valence electrons. The summed E-state index contributed by atoms with van der Waals surface area (Å²) in [6, 6.07) is 15.0. The van der Waals surface area contributed by atoms with Crippen molar-refractivity contribution >= 4 is 11.6 Å². The number of carbonyl (C=O) groups excluding carboxylic acids is 1. The van der Waals surface area contributed by atoms with E-state index in [9.17, 15) is 4.79 Å². The van der Waals surface area contributed by atoms with E-state index in [2.05, 4.69) is 0 Å². The minimum Gasteiger partial charge on any atom is -0.497 e. The normalized spacial score (nSPS) is 10.2. The summed E-state index contributed by atoms with van der Waals surface area (Å²) < 4.78 is 5.13. The number of anilines is 1. The van der Waals surface area contributed by atoms with Gasteiger partial charge in [-0.3, -0.25) is 4.79 Å². The second-order valence-corrected chi connectivity index (χ2v) is 4.91. The molecule has 0 spiro atoms. The van der Waals surface area contributed by atoms with Gasteiger partial charge in [-0.1, -0.05) is 24.3 Å². The lowest BCUT2D eigenvalue weighted by Gasteiger charge is -2.18. The molecule has 0 aromatic heterocycles. The number of carbonyl (C=O) groups is 1. The number of benzene rings is 2. The van der Waals surface area contributed by atoms with E-state index in [1.807, 2.05) is 36.4 Å². The van der Waals surface area contributed by atoms with E-state index in [1.54, 1.807) is 31.2 Å². The number of ether oxygens (including phenoxy) is 1. The Labute approximate surface area is 125 Å². The number of likely N-dealkylation sites (N-methyl/N-ethyl adjacent to an activating group) is 1. The van der Waals surface area contributed by atoms with Crippen molar-refractivity contribution in [2.24, 2.45) is 0 Å². The number of methoxy groups -OCH3 is 1. The monoisotopic (exact) mass is 284 g/mol. The van der Waals surface area contributed by atoms with Crippen LogP contribution >= 0.6 is 0 Å². The van der Waals surface area contributed by atoms with Crippen molar-refractivity contribution in [3.63, 3.8) is 0 Å². The predicted molar refractivity (Wildman–Crippen MR) is 84.5 cm³/mol. The standard InChI is InChI=1S/C17H20N2O2/c1-19(17(20)15-5-3-4-6-16(15)18)12-11-13-7-9-14(21-2)10-8-13/h3-10H,11-12,18H2,1-2H3. The number of amides is 1. The quantitative estimate of drug-likeness (QED) is 0.859. The fourth-order valence-electron chi connectivity index (χ4n) is 2.09. The van der Waals surface area contributed by atoms with Crippen LogP contribution in [0, 0.1) is 0 Å². The summed E-state index contributed by atoms with van der Waals surface area (Å²) >= 11 is 0. The summed E-state index contributed by atoms with van der Waals surface area (Å²) in [5, 5.41) is 0. The number of para-hydroxylation sites is 1. The summed E-state index contributed by atoms with van der Waals surface area (Å²) in [6.07, 6.45) is 0.791. The van der Waals surface area contributed by atoms with Gasteiger partial charge in [0.15, 0.2) is 0 Å². The lowest BCUT2D eigenvalue weighted by Crippen LogP contribution is -2.29. The summed E-state index contributed by atoms with van der Waals surface area (Å²) in [6.45, 7) is 0.638. The molecule has 1 amide bonds. The zero-order valence-corrected chi connectivity index (χ0v) is 12.4. The molecular weight excluding hydrogens is 264 g/mol. The SMILES string of the molecule is COc1ccc(CCN(C)C(=O)c2ccccc2N)cc1. The molecule has 0 saturated carbocycles. The molecule has 0 atom stereocenters. The molecule has 0 fully saturated rings. The van der Waals surface area contributed by atoms with Crippen LogP contribution < -0.4 is 10.5 Å². The molecule has 0 heterocycles. The number of nitrogens with two attached hydrogens (primary N) is 1. The minimum atomic E-state index is -0.0541. The van der Waals surface area contributed by atoms with Crippen molar-refractivity contribution in [2.45, 2.75) is 6.42 Å². The molecule has 2 rings (SSSR count). The second-order valence-electron chi connectivity index (χ2n) is 4.91. The molecule has 0 bridgehead atoms. The van der Waals surface area contributed by atoms with E-state index in [0.29, 0.717) is 17.8 Å². The summed E-state index contributed by atoms with van der Waals surface area (Å²) in [7, 11) is 3.43. The van der Waals surface area contributed by atoms with Gasteiger partial charge in [-0.05, 0) is 36.2 Å². The first-order valence-corrected chi connectivity index (χ1v) is 6.84. The van der Waals surface area contributed by atoms with Gasteiger partial charge in [-0.25, -0.2) is 0 Å². The Morgan fingerprint density at radius 3 is 2.43 bits per heavy atom. The fourth-order valence-corrected chi connectivity index (χ4v) is 2.09. The van der Waals surface area contributed by atoms with E-state index in [-0.39, 0.29) is 5.91 Å². The Morgan fingerprint density at radius 1 is 1.14 bits per heavy atom. The molecule has 0 aliphatic rings. The van der Waals surface area contributed by atoms with Crippen LogP contribution in [0.5, 0.6) is 5.75 Å². The van der Waals surface area contributed by atoms with Crippen molar-refractivity contribution in [3.05, 3.63) is 59.7 Å². The maximum Gasteiger partial charge on any atom is 0.255 e. The predicted octanol–water partition coefficient (Wildman–Crippen LogP) is 2.59. The van der Waals surface area contributed by atoms with Gasteiger partial charge >= 0.3 is 0 Å². The number of rotatable bonds is 5. The van der Waals surface area contributed by atoms with E-state index in [4.69, 9.17) is 10.5 Å². The lowest BCUT2D eigenvalue weighted by atomic mass is 10.1. The van der Waals surface area contributed by atoms with Crippen LogP contribution in [0.25, 0.3) is 0 Å². The first kappa shape index (κ1) is 14.9. The van der Waals surface area contributed by atoms with Crippen LogP contribution in [-0.4, -0.2) is 31.5 Å². The smallest absolute Gasteiger partial charge is 0.255 e. The maximum atomic E-state index is 12.3. The van der Waals surface area contributed by atoms with Gasteiger partial charge in [0.05, 0.1) is 12.7 Å². The summed E-state index contributed by atoms with van der Waals surface area (Å²) in [5.41, 5.74) is 8.06. The minimum absolute atomic E-state index is 0.0541. The third-order valence-electron chi connectivity index (χ3n) is 3.43. The number of nitrogen functional groups attached to an aromatic ring is 1. The van der Waals surface area contributed by atoms with Crippen LogP contribution in [0.4, 0.5) is 5.69 Å². The van der Waals surface area contributed by atoms with Crippen LogP contribution in [-0.2, 0) is 6.42 Å². The third kappa shape index (κ3) is 3.75. The highest BCUT2D eigenvalue weighted by Crippen LogP contribution is 2.14. The Balaban J connectivity index is 1.96. The largest absolute Gasteiger partial charge is 0.497 e. The van der Waals surface area contributed by atoms with Crippen LogP contribution in [0.2, 0.25) is 0 Å². The fraction of sp³-hybridized carbons (Fsp3) is 0.235. The maximum absolute atomic E-state index is 12.3. The highest BCUT2D eigenvalue weighted by Gasteiger charge is 2.13. The lowest BCUT2D eigenvalue weighted by molar-refractivity contribution is 0.0797. The summed E-state index contributed by atoms with van der Waals surface area (Å²) in [4.78, 5) is 14.0. The van der Waals surface area contributed by atoms with E-state index >= 15 is 0 Å². The first-order chi connectivity index (χ1) is 10.1. The zero-order chi connectivity index (χ0) is 15.2. The zero-order valence-electron chi connectivity index (χ0n) is 12.4. The van der Waals surface area contributed by atoms with Crippen LogP contribution in [0.15, 0.2) is 48.5 Å². The van der Waals surface area contributed by atoms with Gasteiger partial charge in [0, 0.05) is 19.3 Å². The Bertz CT molecular complexity index is 608. The first-order valence-electron chi connectivity index (χ1n) is 6.84. The second kappa shape index (κ2) is 6.79. The van der Waals surface area contributed by atoms with Crippen molar-refractivity contribution in [3.8, 4) is 5.75 Å². The highest BCUT2D eigenvalue weighted by molar-refractivity contribution is 5.98.